The third-order valence-electron chi connectivity index (χ3n) is 5.09. The predicted octanol–water partition coefficient (Wildman–Crippen LogP) is 3.84. The molecule has 1 aliphatic rings. The Bertz CT molecular complexity index is 1000. The van der Waals surface area contributed by atoms with Crippen molar-refractivity contribution in [3.05, 3.63) is 82.0 Å². The van der Waals surface area contributed by atoms with Crippen molar-refractivity contribution in [3.8, 4) is 11.4 Å². The highest BCUT2D eigenvalue weighted by Gasteiger charge is 2.27. The Morgan fingerprint density at radius 1 is 1.11 bits per heavy atom. The van der Waals surface area contributed by atoms with Gasteiger partial charge in [0.25, 0.3) is 5.56 Å². The van der Waals surface area contributed by atoms with Crippen LogP contribution in [0, 0.1) is 11.6 Å². The summed E-state index contributed by atoms with van der Waals surface area (Å²) in [6.07, 6.45) is 5.96. The molecule has 1 N–H and O–H groups in total. The average Bonchev–Trinajstić information content (AvgIpc) is 2.71. The third kappa shape index (κ3) is 3.84. The Kier molecular flexibility index (Phi) is 5.25. The quantitative estimate of drug-likeness (QED) is 0.745. The lowest BCUT2D eigenvalue weighted by Crippen LogP contribution is -2.34. The van der Waals surface area contributed by atoms with Gasteiger partial charge in [-0.2, -0.15) is 0 Å². The normalized spacial score (nSPS) is 17.6. The number of pyridine rings is 1. The summed E-state index contributed by atoms with van der Waals surface area (Å²) in [4.78, 5) is 25.6. The van der Waals surface area contributed by atoms with E-state index < -0.39 is 11.6 Å². The van der Waals surface area contributed by atoms with E-state index in [4.69, 9.17) is 0 Å². The molecule has 144 valence electrons. The number of hydrogen-bond acceptors (Lipinski definition) is 4. The van der Waals surface area contributed by atoms with Crippen LogP contribution in [0.15, 0.2) is 53.6 Å². The Morgan fingerprint density at radius 3 is 2.61 bits per heavy atom. The molecule has 0 amide bonds. The summed E-state index contributed by atoms with van der Waals surface area (Å²) in [5, 5.41) is 0. The summed E-state index contributed by atoms with van der Waals surface area (Å²) in [7, 11) is 0. The second-order valence-corrected chi connectivity index (χ2v) is 6.94. The van der Waals surface area contributed by atoms with E-state index in [9.17, 15) is 13.6 Å². The van der Waals surface area contributed by atoms with Crippen LogP contribution < -0.4 is 5.56 Å². The van der Waals surface area contributed by atoms with Gasteiger partial charge in [-0.3, -0.25) is 14.7 Å². The molecule has 1 atom stereocenters. The van der Waals surface area contributed by atoms with Crippen LogP contribution in [0.3, 0.4) is 0 Å². The van der Waals surface area contributed by atoms with E-state index in [0.29, 0.717) is 18.1 Å². The van der Waals surface area contributed by atoms with Crippen LogP contribution in [0.4, 0.5) is 8.78 Å². The largest absolute Gasteiger partial charge is 0.307 e. The second-order valence-electron chi connectivity index (χ2n) is 6.94. The first-order valence-corrected chi connectivity index (χ1v) is 9.30. The Morgan fingerprint density at radius 2 is 1.86 bits per heavy atom. The minimum absolute atomic E-state index is 0.0496. The Hall–Kier alpha value is -2.93. The van der Waals surface area contributed by atoms with Crippen LogP contribution in [-0.2, 0) is 6.54 Å². The van der Waals surface area contributed by atoms with Crippen molar-refractivity contribution >= 4 is 0 Å². The van der Waals surface area contributed by atoms with Gasteiger partial charge in [0.1, 0.15) is 17.5 Å². The molecule has 1 unspecified atom stereocenters. The number of nitrogens with zero attached hydrogens (tertiary/aromatic N) is 3. The number of aromatic amines is 1. The van der Waals surface area contributed by atoms with Crippen molar-refractivity contribution in [2.24, 2.45) is 0 Å². The molecule has 0 aliphatic carbocycles. The van der Waals surface area contributed by atoms with E-state index >= 15 is 0 Å². The number of likely N-dealkylation sites (tertiary alicyclic amines) is 1. The molecule has 0 bridgehead atoms. The molecule has 1 aromatic carbocycles. The van der Waals surface area contributed by atoms with Gasteiger partial charge in [-0.15, -0.1) is 0 Å². The first-order chi connectivity index (χ1) is 13.6. The van der Waals surface area contributed by atoms with Crippen molar-refractivity contribution in [1.82, 2.24) is 19.9 Å². The van der Waals surface area contributed by atoms with Crippen molar-refractivity contribution in [3.63, 3.8) is 0 Å². The highest BCUT2D eigenvalue weighted by atomic mass is 19.1. The zero-order valence-corrected chi connectivity index (χ0v) is 15.2. The summed E-state index contributed by atoms with van der Waals surface area (Å²) >= 11 is 0. The molecular weight excluding hydrogens is 362 g/mol. The van der Waals surface area contributed by atoms with Gasteiger partial charge in [-0.1, -0.05) is 12.5 Å². The van der Waals surface area contributed by atoms with Crippen LogP contribution in [0.25, 0.3) is 11.4 Å². The summed E-state index contributed by atoms with van der Waals surface area (Å²) in [6, 6.07) is 8.75. The smallest absolute Gasteiger partial charge is 0.251 e. The van der Waals surface area contributed by atoms with Crippen molar-refractivity contribution in [2.45, 2.75) is 31.8 Å². The molecule has 1 fully saturated rings. The van der Waals surface area contributed by atoms with E-state index in [1.165, 1.54) is 24.3 Å². The number of aromatic nitrogens is 3. The van der Waals surface area contributed by atoms with E-state index in [1.54, 1.807) is 24.5 Å². The fourth-order valence-corrected chi connectivity index (χ4v) is 3.70. The molecule has 0 spiro atoms. The van der Waals surface area contributed by atoms with Crippen LogP contribution in [0.1, 0.15) is 36.6 Å². The topological polar surface area (TPSA) is 61.9 Å². The molecule has 1 aliphatic heterocycles. The summed E-state index contributed by atoms with van der Waals surface area (Å²) in [5.41, 5.74) is 1.18. The standard InChI is InChI=1S/C21H20F2N4O/c22-16-4-3-5-17(23)15(16)13-27-11-2-1-6-19(27)18-12-20(28)26-21(25-18)14-7-9-24-10-8-14/h3-5,7-10,12,19H,1-2,6,11,13H2,(H,25,26,28). The SMILES string of the molecule is O=c1cc(C2CCCCN2Cc2c(F)cccc2F)nc(-c2ccncc2)[nH]1. The highest BCUT2D eigenvalue weighted by Crippen LogP contribution is 2.32. The number of halogens is 2. The van der Waals surface area contributed by atoms with Gasteiger partial charge in [-0.25, -0.2) is 13.8 Å². The molecule has 3 heterocycles. The molecule has 5 nitrogen and oxygen atoms in total. The van der Waals surface area contributed by atoms with E-state index in [1.807, 2.05) is 4.90 Å². The van der Waals surface area contributed by atoms with Gasteiger partial charge in [-0.05, 0) is 43.7 Å². The molecule has 0 saturated carbocycles. The van der Waals surface area contributed by atoms with Crippen molar-refractivity contribution in [1.29, 1.82) is 0 Å². The molecule has 4 rings (SSSR count). The number of nitrogens with one attached hydrogen (secondary N) is 1. The molecule has 1 saturated heterocycles. The van der Waals surface area contributed by atoms with Gasteiger partial charge in [0.2, 0.25) is 0 Å². The molecular formula is C21H20F2N4O. The van der Waals surface area contributed by atoms with Crippen LogP contribution in [0.5, 0.6) is 0 Å². The zero-order chi connectivity index (χ0) is 19.5. The molecule has 28 heavy (non-hydrogen) atoms. The molecule has 7 heteroatoms. The van der Waals surface area contributed by atoms with Gasteiger partial charge < -0.3 is 4.98 Å². The van der Waals surface area contributed by atoms with Gasteiger partial charge in [0.15, 0.2) is 0 Å². The second kappa shape index (κ2) is 7.98. The summed E-state index contributed by atoms with van der Waals surface area (Å²) < 4.78 is 28.3. The van der Waals surface area contributed by atoms with Crippen LogP contribution >= 0.6 is 0 Å². The maximum atomic E-state index is 14.1. The number of H-pyrrole nitrogens is 1. The van der Waals surface area contributed by atoms with Crippen molar-refractivity contribution < 1.29 is 8.78 Å². The fraction of sp³-hybridized carbons (Fsp3) is 0.286. The first-order valence-electron chi connectivity index (χ1n) is 9.30. The lowest BCUT2D eigenvalue weighted by Gasteiger charge is -2.35. The molecule has 0 radical (unpaired) electrons. The number of benzene rings is 1. The van der Waals surface area contributed by atoms with E-state index in [2.05, 4.69) is 15.0 Å². The minimum Gasteiger partial charge on any atom is -0.307 e. The number of piperidine rings is 1. The summed E-state index contributed by atoms with van der Waals surface area (Å²) in [5.74, 6) is -0.645. The van der Waals surface area contributed by atoms with E-state index in [0.717, 1.165) is 24.8 Å². The minimum atomic E-state index is -0.555. The maximum Gasteiger partial charge on any atom is 0.251 e. The Balaban J connectivity index is 1.68. The van der Waals surface area contributed by atoms with Gasteiger partial charge in [0, 0.05) is 36.1 Å². The van der Waals surface area contributed by atoms with E-state index in [-0.39, 0.29) is 23.7 Å². The molecule has 3 aromatic rings. The average molecular weight is 382 g/mol. The van der Waals surface area contributed by atoms with Gasteiger partial charge in [0.05, 0.1) is 11.7 Å². The lowest BCUT2D eigenvalue weighted by molar-refractivity contribution is 0.134. The number of hydrogen-bond donors (Lipinski definition) is 1. The Labute approximate surface area is 161 Å². The zero-order valence-electron chi connectivity index (χ0n) is 15.2. The predicted molar refractivity (Wildman–Crippen MR) is 101 cm³/mol. The van der Waals surface area contributed by atoms with Gasteiger partial charge >= 0.3 is 0 Å². The molecule has 2 aromatic heterocycles. The van der Waals surface area contributed by atoms with Crippen LogP contribution in [-0.4, -0.2) is 26.4 Å². The lowest BCUT2D eigenvalue weighted by atomic mass is 9.98. The monoisotopic (exact) mass is 382 g/mol. The number of rotatable bonds is 4. The first kappa shape index (κ1) is 18.4. The van der Waals surface area contributed by atoms with Crippen LogP contribution in [0.2, 0.25) is 0 Å². The highest BCUT2D eigenvalue weighted by molar-refractivity contribution is 5.53. The fourth-order valence-electron chi connectivity index (χ4n) is 3.70. The van der Waals surface area contributed by atoms with Crippen molar-refractivity contribution in [2.75, 3.05) is 6.54 Å². The third-order valence-corrected chi connectivity index (χ3v) is 5.09. The summed E-state index contributed by atoms with van der Waals surface area (Å²) in [6.45, 7) is 0.833. The maximum absolute atomic E-state index is 14.1.